The van der Waals surface area contributed by atoms with Gasteiger partial charge < -0.3 is 10.6 Å². The lowest BCUT2D eigenvalue weighted by atomic mass is 10.1. The molecule has 0 aliphatic rings. The number of anilines is 2. The second-order valence-electron chi connectivity index (χ2n) is 7.10. The number of para-hydroxylation sites is 1. The number of hydrogen-bond acceptors (Lipinski definition) is 9. The standard InChI is InChI=1S/C21H18N6O6S/c28-21(23-15-4-2-1-3-5-15)26-34(31,32)16-8-6-14(7-9-16)12-13-22-17-10-11-18(27(29)30)20-19(17)24-33-25-20/h1-11,22H,12-13H2,(H2,23,26,28). The number of urea groups is 1. The summed E-state index contributed by atoms with van der Waals surface area (Å²) in [6.45, 7) is 0.434. The molecule has 0 bridgehead atoms. The number of fused-ring (bicyclic) bond motifs is 1. The molecule has 0 atom stereocenters. The van der Waals surface area contributed by atoms with Gasteiger partial charge in [-0.25, -0.2) is 22.6 Å². The molecule has 1 heterocycles. The van der Waals surface area contributed by atoms with Crippen LogP contribution in [0.2, 0.25) is 0 Å². The molecule has 0 saturated heterocycles. The molecule has 4 rings (SSSR count). The van der Waals surface area contributed by atoms with E-state index in [4.69, 9.17) is 0 Å². The zero-order chi connectivity index (χ0) is 24.1. The Morgan fingerprint density at radius 2 is 1.68 bits per heavy atom. The summed E-state index contributed by atoms with van der Waals surface area (Å²) in [7, 11) is -4.05. The molecule has 0 unspecified atom stereocenters. The van der Waals surface area contributed by atoms with Crippen LogP contribution < -0.4 is 15.4 Å². The molecule has 13 heteroatoms. The number of carbonyl (C=O) groups excluding carboxylic acids is 1. The van der Waals surface area contributed by atoms with Gasteiger partial charge in [0.15, 0.2) is 5.52 Å². The quantitative estimate of drug-likeness (QED) is 0.252. The number of rotatable bonds is 8. The van der Waals surface area contributed by atoms with Gasteiger partial charge in [0, 0.05) is 18.3 Å². The number of nitro groups is 1. The third-order valence-corrected chi connectivity index (χ3v) is 6.16. The Morgan fingerprint density at radius 1 is 0.971 bits per heavy atom. The molecule has 1 aromatic heterocycles. The number of sulfonamides is 1. The summed E-state index contributed by atoms with van der Waals surface area (Å²) in [6.07, 6.45) is 0.520. The van der Waals surface area contributed by atoms with Gasteiger partial charge in [-0.15, -0.1) is 0 Å². The van der Waals surface area contributed by atoms with Crippen LogP contribution >= 0.6 is 0 Å². The smallest absolute Gasteiger partial charge is 0.333 e. The minimum absolute atomic E-state index is 0.0494. The van der Waals surface area contributed by atoms with E-state index in [-0.39, 0.29) is 21.6 Å². The van der Waals surface area contributed by atoms with Crippen molar-refractivity contribution in [2.75, 3.05) is 17.2 Å². The molecule has 0 radical (unpaired) electrons. The molecule has 0 saturated carbocycles. The number of carbonyl (C=O) groups is 1. The van der Waals surface area contributed by atoms with Gasteiger partial charge in [-0.1, -0.05) is 30.3 Å². The minimum atomic E-state index is -4.05. The van der Waals surface area contributed by atoms with Crippen molar-refractivity contribution in [3.8, 4) is 0 Å². The lowest BCUT2D eigenvalue weighted by molar-refractivity contribution is -0.383. The fourth-order valence-corrected chi connectivity index (χ4v) is 4.09. The molecule has 3 aromatic carbocycles. The van der Waals surface area contributed by atoms with E-state index in [0.29, 0.717) is 24.3 Å². The number of nitrogens with one attached hydrogen (secondary N) is 3. The van der Waals surface area contributed by atoms with Crippen molar-refractivity contribution in [3.63, 3.8) is 0 Å². The highest BCUT2D eigenvalue weighted by Crippen LogP contribution is 2.28. The van der Waals surface area contributed by atoms with E-state index in [2.05, 4.69) is 25.6 Å². The SMILES string of the molecule is O=C(Nc1ccccc1)NS(=O)(=O)c1ccc(CCNc2ccc([N+](=O)[O-])c3nonc23)cc1. The van der Waals surface area contributed by atoms with Gasteiger partial charge >= 0.3 is 11.7 Å². The summed E-state index contributed by atoms with van der Waals surface area (Å²) in [5, 5.41) is 23.9. The zero-order valence-electron chi connectivity index (χ0n) is 17.5. The maximum Gasteiger partial charge on any atom is 0.333 e. The van der Waals surface area contributed by atoms with Gasteiger partial charge in [-0.05, 0) is 52.6 Å². The van der Waals surface area contributed by atoms with Crippen molar-refractivity contribution >= 4 is 44.1 Å². The van der Waals surface area contributed by atoms with Crippen LogP contribution in [0.5, 0.6) is 0 Å². The van der Waals surface area contributed by atoms with E-state index in [9.17, 15) is 23.3 Å². The third-order valence-electron chi connectivity index (χ3n) is 4.81. The summed E-state index contributed by atoms with van der Waals surface area (Å²) < 4.78 is 31.5. The van der Waals surface area contributed by atoms with Crippen molar-refractivity contribution in [3.05, 3.63) is 82.4 Å². The highest BCUT2D eigenvalue weighted by atomic mass is 32.2. The van der Waals surface area contributed by atoms with Gasteiger partial charge in [0.05, 0.1) is 15.5 Å². The number of aromatic nitrogens is 2. The molecule has 2 amide bonds. The molecule has 3 N–H and O–H groups in total. The molecule has 174 valence electrons. The summed E-state index contributed by atoms with van der Waals surface area (Å²) >= 11 is 0. The Labute approximate surface area is 193 Å². The number of nitrogens with zero attached hydrogens (tertiary/aromatic N) is 3. The van der Waals surface area contributed by atoms with Crippen LogP contribution in [0, 0.1) is 10.1 Å². The molecule has 0 spiro atoms. The Morgan fingerprint density at radius 3 is 2.38 bits per heavy atom. The van der Waals surface area contributed by atoms with Gasteiger partial charge in [0.25, 0.3) is 10.0 Å². The van der Waals surface area contributed by atoms with Crippen LogP contribution in [0.3, 0.4) is 0 Å². The van der Waals surface area contributed by atoms with Gasteiger partial charge in [-0.2, -0.15) is 0 Å². The van der Waals surface area contributed by atoms with E-state index < -0.39 is 21.0 Å². The maximum absolute atomic E-state index is 12.5. The van der Waals surface area contributed by atoms with Gasteiger partial charge in [0.2, 0.25) is 5.52 Å². The molecule has 0 aliphatic carbocycles. The fraction of sp³-hybridized carbons (Fsp3) is 0.0952. The predicted octanol–water partition coefficient (Wildman–Crippen LogP) is 3.30. The van der Waals surface area contributed by atoms with Crippen LogP contribution in [0.15, 0.2) is 76.3 Å². The predicted molar refractivity (Wildman–Crippen MR) is 123 cm³/mol. The highest BCUT2D eigenvalue weighted by Gasteiger charge is 2.20. The molecule has 4 aromatic rings. The Hall–Kier alpha value is -4.52. The Bertz CT molecular complexity index is 1440. The monoisotopic (exact) mass is 482 g/mol. The van der Waals surface area contributed by atoms with Crippen molar-refractivity contribution in [1.29, 1.82) is 0 Å². The number of non-ortho nitro benzene ring substituents is 1. The second-order valence-corrected chi connectivity index (χ2v) is 8.78. The first kappa shape index (κ1) is 22.7. The molecular formula is C21H18N6O6S. The summed E-state index contributed by atoms with van der Waals surface area (Å²) in [4.78, 5) is 22.5. The van der Waals surface area contributed by atoms with Crippen LogP contribution in [-0.4, -0.2) is 36.2 Å². The van der Waals surface area contributed by atoms with Crippen molar-refractivity contribution < 1.29 is 22.8 Å². The van der Waals surface area contributed by atoms with E-state index >= 15 is 0 Å². The first-order valence-electron chi connectivity index (χ1n) is 9.95. The lowest BCUT2D eigenvalue weighted by Crippen LogP contribution is -2.34. The normalized spacial score (nSPS) is 11.2. The van der Waals surface area contributed by atoms with E-state index in [0.717, 1.165) is 5.56 Å². The zero-order valence-corrected chi connectivity index (χ0v) is 18.3. The Balaban J connectivity index is 1.35. The highest BCUT2D eigenvalue weighted by molar-refractivity contribution is 7.90. The minimum Gasteiger partial charge on any atom is -0.383 e. The largest absolute Gasteiger partial charge is 0.383 e. The van der Waals surface area contributed by atoms with Crippen molar-refractivity contribution in [2.45, 2.75) is 11.3 Å². The van der Waals surface area contributed by atoms with Crippen LogP contribution in [0.25, 0.3) is 11.0 Å². The third kappa shape index (κ3) is 5.10. The summed E-state index contributed by atoms with van der Waals surface area (Å²) in [5.41, 5.74) is 1.91. The molecule has 0 fully saturated rings. The molecular weight excluding hydrogens is 464 g/mol. The van der Waals surface area contributed by atoms with Gasteiger partial charge in [0.1, 0.15) is 0 Å². The fourth-order valence-electron chi connectivity index (χ4n) is 3.18. The summed E-state index contributed by atoms with van der Waals surface area (Å²) in [6, 6.07) is 16.5. The average Bonchev–Trinajstić information content (AvgIpc) is 3.30. The molecule has 12 nitrogen and oxygen atoms in total. The van der Waals surface area contributed by atoms with Gasteiger partial charge in [-0.3, -0.25) is 10.1 Å². The van der Waals surface area contributed by atoms with E-state index in [1.807, 2.05) is 4.72 Å². The lowest BCUT2D eigenvalue weighted by Gasteiger charge is -2.10. The first-order chi connectivity index (χ1) is 16.3. The number of amides is 2. The molecule has 34 heavy (non-hydrogen) atoms. The summed E-state index contributed by atoms with van der Waals surface area (Å²) in [5.74, 6) is 0. The van der Waals surface area contributed by atoms with Crippen molar-refractivity contribution in [2.24, 2.45) is 0 Å². The van der Waals surface area contributed by atoms with E-state index in [1.54, 1.807) is 42.5 Å². The van der Waals surface area contributed by atoms with Crippen molar-refractivity contribution in [1.82, 2.24) is 15.0 Å². The van der Waals surface area contributed by atoms with E-state index in [1.165, 1.54) is 24.3 Å². The number of benzene rings is 3. The number of nitro benzene ring substituents is 1. The Kier molecular flexibility index (Phi) is 6.36. The van der Waals surface area contributed by atoms with Crippen LogP contribution in [-0.2, 0) is 16.4 Å². The first-order valence-corrected chi connectivity index (χ1v) is 11.4. The maximum atomic E-state index is 12.5. The van der Waals surface area contributed by atoms with Crippen LogP contribution in [0.1, 0.15) is 5.56 Å². The molecule has 0 aliphatic heterocycles. The van der Waals surface area contributed by atoms with Crippen LogP contribution in [0.4, 0.5) is 21.9 Å². The second kappa shape index (κ2) is 9.54. The average molecular weight is 482 g/mol. The topological polar surface area (TPSA) is 169 Å². The number of hydrogen-bond donors (Lipinski definition) is 3.